The van der Waals surface area contributed by atoms with Crippen LogP contribution in [0.1, 0.15) is 0 Å². The lowest BCUT2D eigenvalue weighted by Crippen LogP contribution is -2.39. The van der Waals surface area contributed by atoms with Crippen LogP contribution < -0.4 is 4.52 Å². The molecule has 1 aromatic carbocycles. The Hall–Kier alpha value is -1.40. The van der Waals surface area contributed by atoms with Crippen LogP contribution in [0.2, 0.25) is 0 Å². The molecule has 0 heterocycles. The number of aliphatic hydroxyl groups is 2. The third-order valence-corrected chi connectivity index (χ3v) is 3.47. The molecule has 8 heteroatoms. The van der Waals surface area contributed by atoms with Crippen molar-refractivity contribution in [3.05, 3.63) is 30.3 Å². The van der Waals surface area contributed by atoms with E-state index in [0.717, 1.165) is 4.90 Å². The Morgan fingerprint density at radius 2 is 2.00 bits per heavy atom. The van der Waals surface area contributed by atoms with Gasteiger partial charge in [0.25, 0.3) is 8.03 Å². The zero-order valence-corrected chi connectivity index (χ0v) is 11.1. The Kier molecular flexibility index (Phi) is 6.52. The van der Waals surface area contributed by atoms with E-state index in [2.05, 4.69) is 0 Å². The summed E-state index contributed by atoms with van der Waals surface area (Å²) in [5.41, 5.74) is 0. The van der Waals surface area contributed by atoms with Crippen LogP contribution in [0.5, 0.6) is 5.75 Å². The second kappa shape index (κ2) is 7.91. The summed E-state index contributed by atoms with van der Waals surface area (Å²) in [6, 6.07) is 8.26. The van der Waals surface area contributed by atoms with Gasteiger partial charge in [-0.25, -0.2) is 0 Å². The third kappa shape index (κ3) is 5.40. The molecule has 0 saturated heterocycles. The van der Waals surface area contributed by atoms with E-state index < -0.39 is 26.5 Å². The van der Waals surface area contributed by atoms with E-state index in [0.29, 0.717) is 5.75 Å². The summed E-state index contributed by atoms with van der Waals surface area (Å²) in [6.45, 7) is -0.997. The topological polar surface area (TPSA) is 107 Å². The molecule has 106 valence electrons. The van der Waals surface area contributed by atoms with Gasteiger partial charge in [0.2, 0.25) is 0 Å². The van der Waals surface area contributed by atoms with Crippen molar-refractivity contribution in [1.82, 2.24) is 4.90 Å². The molecule has 0 radical (unpaired) electrons. The summed E-state index contributed by atoms with van der Waals surface area (Å²) in [4.78, 5) is 11.6. The van der Waals surface area contributed by atoms with E-state index in [9.17, 15) is 14.5 Å². The molecule has 0 bridgehead atoms. The fraction of sp³-hybridized carbons (Fsp3) is 0.364. The smallest absolute Gasteiger partial charge is 0.317 e. The average Bonchev–Trinajstić information content (AvgIpc) is 2.38. The highest BCUT2D eigenvalue weighted by molar-refractivity contribution is 7.40. The molecule has 2 unspecified atom stereocenters. The highest BCUT2D eigenvalue weighted by Crippen LogP contribution is 2.32. The SMILES string of the molecule is O=C(O)CN(CCO)C(O)[PH](=O)Oc1ccccc1. The zero-order chi connectivity index (χ0) is 14.3. The number of carbonyl (C=O) groups is 1. The van der Waals surface area contributed by atoms with Crippen molar-refractivity contribution in [3.8, 4) is 5.75 Å². The lowest BCUT2D eigenvalue weighted by molar-refractivity contribution is -0.140. The molecule has 1 aromatic rings. The molecule has 0 aliphatic carbocycles. The predicted molar refractivity (Wildman–Crippen MR) is 68.4 cm³/mol. The van der Waals surface area contributed by atoms with Gasteiger partial charge in [0.1, 0.15) is 5.75 Å². The molecule has 1 rings (SSSR count). The molecule has 7 nitrogen and oxygen atoms in total. The summed E-state index contributed by atoms with van der Waals surface area (Å²) in [5.74, 6) is -2.43. The number of benzene rings is 1. The van der Waals surface area contributed by atoms with Gasteiger partial charge in [0.05, 0.1) is 13.2 Å². The van der Waals surface area contributed by atoms with Crippen molar-refractivity contribution < 1.29 is 29.2 Å². The molecule has 0 saturated carbocycles. The van der Waals surface area contributed by atoms with Crippen molar-refractivity contribution in [1.29, 1.82) is 0 Å². The average molecular weight is 289 g/mol. The quantitative estimate of drug-likeness (QED) is 0.463. The van der Waals surface area contributed by atoms with Crippen LogP contribution >= 0.6 is 8.03 Å². The number of carboxylic acids is 1. The minimum Gasteiger partial charge on any atom is -0.480 e. The highest BCUT2D eigenvalue weighted by Gasteiger charge is 2.24. The van der Waals surface area contributed by atoms with Crippen LogP contribution in [0.25, 0.3) is 0 Å². The molecule has 19 heavy (non-hydrogen) atoms. The fourth-order valence-electron chi connectivity index (χ4n) is 1.40. The van der Waals surface area contributed by atoms with Crippen molar-refractivity contribution in [3.63, 3.8) is 0 Å². The van der Waals surface area contributed by atoms with E-state index in [1.165, 1.54) is 0 Å². The van der Waals surface area contributed by atoms with Crippen LogP contribution in [0, 0.1) is 0 Å². The Labute approximate surface area is 110 Å². The maximum atomic E-state index is 11.8. The molecule has 3 N–H and O–H groups in total. The summed E-state index contributed by atoms with van der Waals surface area (Å²) < 4.78 is 16.9. The van der Waals surface area contributed by atoms with Gasteiger partial charge in [0, 0.05) is 6.54 Å². The predicted octanol–water partition coefficient (Wildman–Crippen LogP) is 0.195. The Balaban J connectivity index is 2.65. The van der Waals surface area contributed by atoms with Gasteiger partial charge in [0.15, 0.2) is 5.97 Å². The standard InChI is InChI=1S/C11H16NO6P/c13-7-6-12(8-10(14)15)11(16)19(17)18-9-4-2-1-3-5-9/h1-5,11,13,16,19H,6-8H2,(H,14,15). The molecular formula is C11H16NO6P. The van der Waals surface area contributed by atoms with Gasteiger partial charge in [-0.05, 0) is 12.1 Å². The van der Waals surface area contributed by atoms with E-state index in [-0.39, 0.29) is 13.2 Å². The molecule has 0 spiro atoms. The van der Waals surface area contributed by atoms with Crippen LogP contribution in [0.4, 0.5) is 0 Å². The molecule has 0 aliphatic rings. The summed E-state index contributed by atoms with van der Waals surface area (Å²) >= 11 is 0. The molecule has 0 aromatic heterocycles. The van der Waals surface area contributed by atoms with Crippen molar-refractivity contribution >= 4 is 14.0 Å². The molecule has 0 amide bonds. The number of aliphatic hydroxyl groups excluding tert-OH is 2. The Morgan fingerprint density at radius 1 is 1.37 bits per heavy atom. The summed E-state index contributed by atoms with van der Waals surface area (Å²) in [7, 11) is -2.93. The summed E-state index contributed by atoms with van der Waals surface area (Å²) in [6.07, 6.45) is 0. The first-order valence-electron chi connectivity index (χ1n) is 5.56. The van der Waals surface area contributed by atoms with Crippen molar-refractivity contribution in [2.24, 2.45) is 0 Å². The zero-order valence-electron chi connectivity index (χ0n) is 10.1. The van der Waals surface area contributed by atoms with Crippen LogP contribution in [0.15, 0.2) is 30.3 Å². The van der Waals surface area contributed by atoms with E-state index >= 15 is 0 Å². The van der Waals surface area contributed by atoms with Gasteiger partial charge in [-0.1, -0.05) is 18.2 Å². The highest BCUT2D eigenvalue weighted by atomic mass is 31.1. The number of hydrogen-bond acceptors (Lipinski definition) is 6. The third-order valence-electron chi connectivity index (χ3n) is 2.24. The minimum absolute atomic E-state index is 0.109. The normalized spacial score (nSPS) is 14.1. The van der Waals surface area contributed by atoms with E-state index in [1.807, 2.05) is 0 Å². The van der Waals surface area contributed by atoms with Gasteiger partial charge in [-0.2, -0.15) is 0 Å². The number of para-hydroxylation sites is 1. The van der Waals surface area contributed by atoms with Crippen LogP contribution in [-0.2, 0) is 9.36 Å². The first-order chi connectivity index (χ1) is 9.04. The number of rotatable bonds is 8. The fourth-order valence-corrected chi connectivity index (χ4v) is 2.39. The number of aliphatic carboxylic acids is 1. The number of carboxylic acid groups (broad SMARTS) is 1. The van der Waals surface area contributed by atoms with Gasteiger partial charge in [-0.3, -0.25) is 14.3 Å². The minimum atomic E-state index is -2.93. The monoisotopic (exact) mass is 289 g/mol. The molecule has 2 atom stereocenters. The molecule has 0 fully saturated rings. The molecular weight excluding hydrogens is 273 g/mol. The number of hydrogen-bond donors (Lipinski definition) is 3. The Morgan fingerprint density at radius 3 is 2.53 bits per heavy atom. The van der Waals surface area contributed by atoms with Crippen molar-refractivity contribution in [2.75, 3.05) is 19.7 Å². The maximum Gasteiger partial charge on any atom is 0.317 e. The van der Waals surface area contributed by atoms with Crippen LogP contribution in [0.3, 0.4) is 0 Å². The van der Waals surface area contributed by atoms with Crippen LogP contribution in [-0.4, -0.2) is 51.9 Å². The van der Waals surface area contributed by atoms with Gasteiger partial charge in [-0.15, -0.1) is 0 Å². The largest absolute Gasteiger partial charge is 0.480 e. The second-order valence-electron chi connectivity index (χ2n) is 3.70. The first-order valence-corrected chi connectivity index (χ1v) is 6.95. The maximum absolute atomic E-state index is 11.8. The lowest BCUT2D eigenvalue weighted by atomic mass is 10.3. The van der Waals surface area contributed by atoms with Gasteiger partial charge >= 0.3 is 5.97 Å². The molecule has 0 aliphatic heterocycles. The van der Waals surface area contributed by atoms with Gasteiger partial charge < -0.3 is 19.8 Å². The summed E-state index contributed by atoms with van der Waals surface area (Å²) in [5, 5.41) is 27.2. The second-order valence-corrected chi connectivity index (χ2v) is 5.05. The first kappa shape index (κ1) is 15.7. The lowest BCUT2D eigenvalue weighted by Gasteiger charge is -2.24. The number of nitrogens with zero attached hydrogens (tertiary/aromatic N) is 1. The van der Waals surface area contributed by atoms with Crippen molar-refractivity contribution in [2.45, 2.75) is 5.97 Å². The van der Waals surface area contributed by atoms with E-state index in [1.54, 1.807) is 30.3 Å². The Bertz CT molecular complexity index is 426. The van der Waals surface area contributed by atoms with E-state index in [4.69, 9.17) is 14.7 Å².